The summed E-state index contributed by atoms with van der Waals surface area (Å²) in [6.07, 6.45) is 4.18. The average molecular weight is 275 g/mol. The van der Waals surface area contributed by atoms with E-state index in [9.17, 15) is 0 Å². The maximum absolute atomic E-state index is 5.38. The molecular weight excluding hydrogens is 258 g/mol. The maximum Gasteiger partial charge on any atom is 0.119 e. The molecule has 0 saturated heterocycles. The Hall–Kier alpha value is -2.35. The van der Waals surface area contributed by atoms with Crippen LogP contribution in [0, 0.1) is 0 Å². The monoisotopic (exact) mass is 275 g/mol. The van der Waals surface area contributed by atoms with Crippen molar-refractivity contribution in [3.05, 3.63) is 71.4 Å². The Labute approximate surface area is 124 Å². The second-order valence-corrected chi connectivity index (χ2v) is 5.58. The van der Waals surface area contributed by atoms with E-state index in [1.807, 2.05) is 12.3 Å². The third kappa shape index (κ3) is 1.99. The van der Waals surface area contributed by atoms with Crippen LogP contribution in [0.25, 0.3) is 10.9 Å². The number of aromatic nitrogens is 1. The largest absolute Gasteiger partial charge is 0.497 e. The normalized spacial score (nSPS) is 16.9. The first-order valence-corrected chi connectivity index (χ1v) is 7.37. The highest BCUT2D eigenvalue weighted by Crippen LogP contribution is 2.40. The van der Waals surface area contributed by atoms with E-state index in [1.165, 1.54) is 22.1 Å². The minimum Gasteiger partial charge on any atom is -0.497 e. The van der Waals surface area contributed by atoms with Crippen LogP contribution >= 0.6 is 0 Å². The highest BCUT2D eigenvalue weighted by atomic mass is 16.5. The summed E-state index contributed by atoms with van der Waals surface area (Å²) in [4.78, 5) is 4.52. The summed E-state index contributed by atoms with van der Waals surface area (Å²) in [5.41, 5.74) is 5.26. The maximum atomic E-state index is 5.38. The molecule has 1 aliphatic carbocycles. The summed E-state index contributed by atoms with van der Waals surface area (Å²) in [6.45, 7) is 0. The van der Waals surface area contributed by atoms with Crippen molar-refractivity contribution < 1.29 is 4.74 Å². The number of hydrogen-bond acceptors (Lipinski definition) is 2. The Kier molecular flexibility index (Phi) is 2.88. The van der Waals surface area contributed by atoms with Gasteiger partial charge >= 0.3 is 0 Å². The second kappa shape index (κ2) is 4.88. The van der Waals surface area contributed by atoms with Gasteiger partial charge in [-0.25, -0.2) is 0 Å². The minimum absolute atomic E-state index is 0.431. The number of ether oxygens (including phenoxy) is 1. The first kappa shape index (κ1) is 12.4. The number of rotatable bonds is 2. The quantitative estimate of drug-likeness (QED) is 0.695. The summed E-state index contributed by atoms with van der Waals surface area (Å²) in [5.74, 6) is 1.36. The van der Waals surface area contributed by atoms with Crippen LogP contribution in [0.4, 0.5) is 0 Å². The van der Waals surface area contributed by atoms with Crippen molar-refractivity contribution in [2.75, 3.05) is 7.11 Å². The number of hydrogen-bond donors (Lipinski definition) is 0. The van der Waals surface area contributed by atoms with Gasteiger partial charge in [0.1, 0.15) is 5.75 Å². The molecule has 1 unspecified atom stereocenters. The summed E-state index contributed by atoms with van der Waals surface area (Å²) < 4.78 is 5.38. The Morgan fingerprint density at radius 2 is 2.00 bits per heavy atom. The Morgan fingerprint density at radius 3 is 2.90 bits per heavy atom. The van der Waals surface area contributed by atoms with Gasteiger partial charge in [0, 0.05) is 17.5 Å². The lowest BCUT2D eigenvalue weighted by Crippen LogP contribution is -2.10. The van der Waals surface area contributed by atoms with E-state index >= 15 is 0 Å². The van der Waals surface area contributed by atoms with Crippen LogP contribution in [0.1, 0.15) is 29.0 Å². The fraction of sp³-hybridized carbons (Fsp3) is 0.211. The van der Waals surface area contributed by atoms with Gasteiger partial charge in [0.05, 0.1) is 12.6 Å². The first-order chi connectivity index (χ1) is 10.4. The summed E-state index contributed by atoms with van der Waals surface area (Å²) in [7, 11) is 1.72. The first-order valence-electron chi connectivity index (χ1n) is 7.37. The van der Waals surface area contributed by atoms with Crippen LogP contribution in [-0.4, -0.2) is 12.1 Å². The fourth-order valence-electron chi connectivity index (χ4n) is 3.46. The van der Waals surface area contributed by atoms with Crippen LogP contribution in [-0.2, 0) is 6.42 Å². The molecule has 0 spiro atoms. The highest BCUT2D eigenvalue weighted by Gasteiger charge is 2.23. The minimum atomic E-state index is 0.431. The van der Waals surface area contributed by atoms with Crippen molar-refractivity contribution in [1.82, 2.24) is 4.98 Å². The SMILES string of the molecule is COc1cccc(C2CCc3ccnc4cccc2c34)c1. The average Bonchev–Trinajstić information content (AvgIpc) is 2.56. The Balaban J connectivity index is 1.91. The van der Waals surface area contributed by atoms with Gasteiger partial charge in [-0.3, -0.25) is 4.98 Å². The molecule has 2 aromatic carbocycles. The van der Waals surface area contributed by atoms with Crippen LogP contribution in [0.15, 0.2) is 54.7 Å². The molecule has 0 fully saturated rings. The molecule has 104 valence electrons. The van der Waals surface area contributed by atoms with E-state index < -0.39 is 0 Å². The summed E-state index contributed by atoms with van der Waals surface area (Å²) >= 11 is 0. The van der Waals surface area contributed by atoms with Crippen LogP contribution in [0.2, 0.25) is 0 Å². The molecule has 2 nitrogen and oxygen atoms in total. The number of aryl methyl sites for hydroxylation is 1. The Bertz CT molecular complexity index is 804. The van der Waals surface area contributed by atoms with Crippen molar-refractivity contribution in [1.29, 1.82) is 0 Å². The predicted octanol–water partition coefficient (Wildman–Crippen LogP) is 4.32. The van der Waals surface area contributed by atoms with Crippen molar-refractivity contribution >= 4 is 10.9 Å². The molecule has 2 heteroatoms. The van der Waals surface area contributed by atoms with Gasteiger partial charge in [-0.2, -0.15) is 0 Å². The van der Waals surface area contributed by atoms with Crippen LogP contribution < -0.4 is 4.74 Å². The number of nitrogens with zero attached hydrogens (tertiary/aromatic N) is 1. The van der Waals surface area contributed by atoms with Gasteiger partial charge in [0.2, 0.25) is 0 Å². The standard InChI is InChI=1S/C19H17NO/c1-21-15-5-2-4-14(12-15)16-9-8-13-10-11-20-18-7-3-6-17(16)19(13)18/h2-7,10-12,16H,8-9H2,1H3. The molecule has 0 radical (unpaired) electrons. The third-order valence-electron chi connectivity index (χ3n) is 4.46. The lowest BCUT2D eigenvalue weighted by Gasteiger charge is -2.26. The molecule has 1 aliphatic rings. The van der Waals surface area contributed by atoms with Crippen LogP contribution in [0.3, 0.4) is 0 Å². The number of benzene rings is 2. The molecule has 1 heterocycles. The molecule has 21 heavy (non-hydrogen) atoms. The molecule has 1 aromatic heterocycles. The highest BCUT2D eigenvalue weighted by molar-refractivity contribution is 5.87. The predicted molar refractivity (Wildman–Crippen MR) is 84.9 cm³/mol. The lowest BCUT2D eigenvalue weighted by molar-refractivity contribution is 0.414. The third-order valence-corrected chi connectivity index (χ3v) is 4.46. The molecule has 0 aliphatic heterocycles. The van der Waals surface area contributed by atoms with E-state index in [0.717, 1.165) is 24.1 Å². The van der Waals surface area contributed by atoms with Crippen molar-refractivity contribution in [2.45, 2.75) is 18.8 Å². The van der Waals surface area contributed by atoms with E-state index in [-0.39, 0.29) is 0 Å². The summed E-state index contributed by atoms with van der Waals surface area (Å²) in [5, 5.41) is 1.35. The molecule has 0 amide bonds. The molecule has 0 bridgehead atoms. The van der Waals surface area contributed by atoms with Gasteiger partial charge in [0.15, 0.2) is 0 Å². The zero-order valence-electron chi connectivity index (χ0n) is 12.0. The number of methoxy groups -OCH3 is 1. The van der Waals surface area contributed by atoms with Gasteiger partial charge in [-0.15, -0.1) is 0 Å². The van der Waals surface area contributed by atoms with Gasteiger partial charge in [0.25, 0.3) is 0 Å². The van der Waals surface area contributed by atoms with E-state index in [2.05, 4.69) is 47.4 Å². The zero-order chi connectivity index (χ0) is 14.2. The van der Waals surface area contributed by atoms with Gasteiger partial charge < -0.3 is 4.74 Å². The molecule has 0 saturated carbocycles. The molecule has 4 rings (SSSR count). The Morgan fingerprint density at radius 1 is 1.10 bits per heavy atom. The second-order valence-electron chi connectivity index (χ2n) is 5.58. The fourth-order valence-corrected chi connectivity index (χ4v) is 3.46. The molecule has 1 atom stereocenters. The van der Waals surface area contributed by atoms with E-state index in [4.69, 9.17) is 4.74 Å². The van der Waals surface area contributed by atoms with Crippen molar-refractivity contribution in [2.24, 2.45) is 0 Å². The van der Waals surface area contributed by atoms with Gasteiger partial charge in [-0.1, -0.05) is 24.3 Å². The number of pyridine rings is 1. The summed E-state index contributed by atoms with van der Waals surface area (Å²) in [6, 6.07) is 17.1. The molecular formula is C19H17NO. The van der Waals surface area contributed by atoms with Gasteiger partial charge in [-0.05, 0) is 53.8 Å². The smallest absolute Gasteiger partial charge is 0.119 e. The van der Waals surface area contributed by atoms with E-state index in [1.54, 1.807) is 7.11 Å². The molecule has 0 N–H and O–H groups in total. The van der Waals surface area contributed by atoms with Crippen molar-refractivity contribution in [3.63, 3.8) is 0 Å². The topological polar surface area (TPSA) is 22.1 Å². The van der Waals surface area contributed by atoms with E-state index in [0.29, 0.717) is 5.92 Å². The lowest BCUT2D eigenvalue weighted by atomic mass is 9.79. The van der Waals surface area contributed by atoms with Crippen LogP contribution in [0.5, 0.6) is 5.75 Å². The van der Waals surface area contributed by atoms with Crippen molar-refractivity contribution in [3.8, 4) is 5.75 Å². The zero-order valence-corrected chi connectivity index (χ0v) is 12.0. The molecule has 3 aromatic rings.